The molecule has 31 heavy (non-hydrogen) atoms. The third-order valence-corrected chi connectivity index (χ3v) is 8.35. The van der Waals surface area contributed by atoms with Crippen LogP contribution in [-0.4, -0.2) is 124 Å². The minimum atomic E-state index is -1.66. The summed E-state index contributed by atoms with van der Waals surface area (Å²) >= 11 is -0.104. The van der Waals surface area contributed by atoms with Crippen molar-refractivity contribution in [2.24, 2.45) is 0 Å². The molecule has 0 amide bonds. The van der Waals surface area contributed by atoms with Crippen molar-refractivity contribution in [3.05, 3.63) is 0 Å². The molecule has 2 rings (SSSR count). The molecule has 0 spiro atoms. The molecule has 0 aromatic rings. The average molecular weight is 517 g/mol. The second kappa shape index (κ2) is 13.7. The number of rotatable bonds is 12. The molecular formula is C20H38O10Se. The van der Waals surface area contributed by atoms with Crippen LogP contribution in [-0.2, 0) is 14.2 Å². The monoisotopic (exact) mass is 518 g/mol. The van der Waals surface area contributed by atoms with Crippen LogP contribution in [0.1, 0.15) is 45.4 Å². The summed E-state index contributed by atoms with van der Waals surface area (Å²) in [5.41, 5.74) is 0. The van der Waals surface area contributed by atoms with Crippen molar-refractivity contribution in [2.45, 2.75) is 111 Å². The molecule has 2 saturated heterocycles. The fourth-order valence-electron chi connectivity index (χ4n) is 3.77. The van der Waals surface area contributed by atoms with Crippen LogP contribution in [0.2, 0.25) is 5.32 Å². The molecule has 2 fully saturated rings. The maximum atomic E-state index is 10.6. The van der Waals surface area contributed by atoms with E-state index in [0.29, 0.717) is 0 Å². The van der Waals surface area contributed by atoms with Crippen LogP contribution >= 0.6 is 0 Å². The van der Waals surface area contributed by atoms with Gasteiger partial charge in [0.15, 0.2) is 0 Å². The molecule has 0 saturated carbocycles. The Labute approximate surface area is 189 Å². The number of hydrogen-bond acceptors (Lipinski definition) is 10. The first-order valence-electron chi connectivity index (χ1n) is 11.1. The van der Waals surface area contributed by atoms with Gasteiger partial charge in [-0.25, -0.2) is 0 Å². The van der Waals surface area contributed by atoms with Crippen LogP contribution in [0.5, 0.6) is 0 Å². The van der Waals surface area contributed by atoms with Gasteiger partial charge in [0.05, 0.1) is 0 Å². The summed E-state index contributed by atoms with van der Waals surface area (Å²) in [6.07, 6.45) is -5.41. The van der Waals surface area contributed by atoms with Crippen LogP contribution in [0.3, 0.4) is 0 Å². The van der Waals surface area contributed by atoms with Gasteiger partial charge < -0.3 is 0 Å². The molecule has 10 atom stereocenters. The van der Waals surface area contributed by atoms with Gasteiger partial charge >= 0.3 is 189 Å². The molecule has 2 heterocycles. The van der Waals surface area contributed by atoms with Gasteiger partial charge in [-0.05, 0) is 0 Å². The standard InChI is InChI=1S/C20H38O10Se/c1-2-3-4-5-6-7-8-31-20-17(27)15(25)18(12(10-22)29-20)30-19-16(26)14(24)13(23)11(9-21)28-19/h11-27H,2-10H2,1H3/t11-,12-,13+,14+,15-,16-,17-,18-,19+,20+/m1/s1. The quantitative estimate of drug-likeness (QED) is 0.115. The molecule has 11 heteroatoms. The summed E-state index contributed by atoms with van der Waals surface area (Å²) in [5, 5.41) is 70.4. The molecule has 0 aliphatic carbocycles. The fourth-order valence-corrected chi connectivity index (χ4v) is 6.26. The van der Waals surface area contributed by atoms with Gasteiger partial charge in [0.2, 0.25) is 0 Å². The van der Waals surface area contributed by atoms with Crippen molar-refractivity contribution in [1.29, 1.82) is 0 Å². The van der Waals surface area contributed by atoms with E-state index in [9.17, 15) is 35.7 Å². The third kappa shape index (κ3) is 7.30. The minimum absolute atomic E-state index is 0.104. The summed E-state index contributed by atoms with van der Waals surface area (Å²) in [7, 11) is 0. The van der Waals surface area contributed by atoms with Gasteiger partial charge in [0.1, 0.15) is 0 Å². The molecule has 2 aliphatic rings. The predicted octanol–water partition coefficient (Wildman–Crippen LogP) is -1.91. The van der Waals surface area contributed by atoms with E-state index in [1.54, 1.807) is 0 Å². The first kappa shape index (κ1) is 27.4. The van der Waals surface area contributed by atoms with Crippen molar-refractivity contribution < 1.29 is 50.0 Å². The zero-order valence-corrected chi connectivity index (χ0v) is 19.6. The predicted molar refractivity (Wildman–Crippen MR) is 110 cm³/mol. The number of hydrogen-bond donors (Lipinski definition) is 7. The average Bonchev–Trinajstić information content (AvgIpc) is 2.77. The Morgan fingerprint density at radius 2 is 1.35 bits per heavy atom. The molecule has 0 aromatic carbocycles. The third-order valence-electron chi connectivity index (χ3n) is 5.74. The van der Waals surface area contributed by atoms with Crippen molar-refractivity contribution in [2.75, 3.05) is 13.2 Å². The molecular weight excluding hydrogens is 479 g/mol. The van der Waals surface area contributed by atoms with E-state index in [-0.39, 0.29) is 15.0 Å². The van der Waals surface area contributed by atoms with Crippen LogP contribution in [0, 0.1) is 0 Å². The van der Waals surface area contributed by atoms with Crippen molar-refractivity contribution in [1.82, 2.24) is 0 Å². The van der Waals surface area contributed by atoms with Crippen LogP contribution < -0.4 is 0 Å². The van der Waals surface area contributed by atoms with Crippen LogP contribution in [0.4, 0.5) is 0 Å². The van der Waals surface area contributed by atoms with Crippen LogP contribution in [0.25, 0.3) is 0 Å². The molecule has 0 bridgehead atoms. The number of aliphatic hydroxyl groups is 7. The Hall–Kier alpha value is 0.119. The molecule has 0 unspecified atom stereocenters. The normalized spacial score (nSPS) is 41.4. The van der Waals surface area contributed by atoms with E-state index in [1.807, 2.05) is 0 Å². The van der Waals surface area contributed by atoms with E-state index in [0.717, 1.165) is 18.2 Å². The zero-order chi connectivity index (χ0) is 23.0. The van der Waals surface area contributed by atoms with Crippen LogP contribution in [0.15, 0.2) is 0 Å². The molecule has 184 valence electrons. The van der Waals surface area contributed by atoms with Gasteiger partial charge in [-0.1, -0.05) is 0 Å². The Balaban J connectivity index is 1.90. The summed E-state index contributed by atoms with van der Waals surface area (Å²) in [4.78, 5) is 0. The number of aliphatic hydroxyl groups excluding tert-OH is 7. The Bertz CT molecular complexity index is 497. The van der Waals surface area contributed by atoms with Gasteiger partial charge in [0.25, 0.3) is 0 Å². The molecule has 0 aromatic heterocycles. The topological polar surface area (TPSA) is 169 Å². The second-order valence-electron chi connectivity index (χ2n) is 8.14. The number of unbranched alkanes of at least 4 members (excludes halogenated alkanes) is 5. The Morgan fingerprint density at radius 3 is 2.00 bits per heavy atom. The van der Waals surface area contributed by atoms with Gasteiger partial charge in [-0.15, -0.1) is 0 Å². The summed E-state index contributed by atoms with van der Waals surface area (Å²) in [5.74, 6) is 0. The molecule has 7 N–H and O–H groups in total. The van der Waals surface area contributed by atoms with Crippen molar-refractivity contribution in [3.8, 4) is 0 Å². The SMILES string of the molecule is CCCCCCCC[Se][C@@H]1O[C@H](CO)[C@@H](O[C@@H]2O[C@H](CO)[C@H](O)[C@H](O)[C@H]2O)[C@H](O)[C@H]1O. The van der Waals surface area contributed by atoms with Crippen molar-refractivity contribution in [3.63, 3.8) is 0 Å². The molecule has 10 nitrogen and oxygen atoms in total. The Morgan fingerprint density at radius 1 is 0.710 bits per heavy atom. The van der Waals surface area contributed by atoms with E-state index in [1.165, 1.54) is 25.7 Å². The summed E-state index contributed by atoms with van der Waals surface area (Å²) < 4.78 is 16.7. The van der Waals surface area contributed by atoms with E-state index in [2.05, 4.69) is 6.92 Å². The molecule has 0 radical (unpaired) electrons. The fraction of sp³-hybridized carbons (Fsp3) is 1.00. The Kier molecular flexibility index (Phi) is 12.1. The zero-order valence-electron chi connectivity index (χ0n) is 17.9. The van der Waals surface area contributed by atoms with Crippen molar-refractivity contribution >= 4 is 15.0 Å². The first-order chi connectivity index (χ1) is 14.8. The molecule has 2 aliphatic heterocycles. The second-order valence-corrected chi connectivity index (χ2v) is 10.7. The van der Waals surface area contributed by atoms with Gasteiger partial charge in [-0.2, -0.15) is 0 Å². The van der Waals surface area contributed by atoms with E-state index in [4.69, 9.17) is 14.2 Å². The summed E-state index contributed by atoms with van der Waals surface area (Å²) in [6.45, 7) is 1.06. The van der Waals surface area contributed by atoms with E-state index >= 15 is 0 Å². The summed E-state index contributed by atoms with van der Waals surface area (Å²) in [6, 6.07) is 0. The van der Waals surface area contributed by atoms with Gasteiger partial charge in [-0.3, -0.25) is 0 Å². The number of ether oxygens (including phenoxy) is 3. The van der Waals surface area contributed by atoms with E-state index < -0.39 is 73.3 Å². The first-order valence-corrected chi connectivity index (χ1v) is 13.3. The maximum absolute atomic E-state index is 10.6. The van der Waals surface area contributed by atoms with Gasteiger partial charge in [0, 0.05) is 0 Å².